The quantitative estimate of drug-likeness (QED) is 0.297. The fraction of sp³-hybridized carbons (Fsp3) is 0.636. The lowest BCUT2D eigenvalue weighted by Crippen LogP contribution is -2.39. The summed E-state index contributed by atoms with van der Waals surface area (Å²) in [5.74, 6) is 0.150. The fourth-order valence-electron chi connectivity index (χ4n) is 1.39. The van der Waals surface area contributed by atoms with Gasteiger partial charge < -0.3 is 10.6 Å². The molecule has 0 spiro atoms. The van der Waals surface area contributed by atoms with Gasteiger partial charge in [-0.1, -0.05) is 0 Å². The van der Waals surface area contributed by atoms with Crippen LogP contribution in [-0.2, 0) is 12.6 Å². The van der Waals surface area contributed by atoms with Gasteiger partial charge in [-0.3, -0.25) is 4.99 Å². The highest BCUT2D eigenvalue weighted by Gasteiger charge is 2.33. The molecule has 12 heteroatoms. The molecule has 0 radical (unpaired) electrons. The van der Waals surface area contributed by atoms with E-state index in [1.165, 1.54) is 7.05 Å². The molecule has 1 aromatic rings. The van der Waals surface area contributed by atoms with Gasteiger partial charge in [0, 0.05) is 31.9 Å². The number of halogens is 7. The smallest absolute Gasteiger partial charge is 0.356 e. The number of guanidine groups is 1. The van der Waals surface area contributed by atoms with Crippen LogP contribution < -0.4 is 10.6 Å². The van der Waals surface area contributed by atoms with E-state index in [9.17, 15) is 26.3 Å². The van der Waals surface area contributed by atoms with Crippen molar-refractivity contribution in [2.24, 2.45) is 4.99 Å². The lowest BCUT2D eigenvalue weighted by Gasteiger charge is -2.12. The van der Waals surface area contributed by atoms with Gasteiger partial charge in [-0.05, 0) is 0 Å². The summed E-state index contributed by atoms with van der Waals surface area (Å²) in [4.78, 5) is 7.16. The number of nitrogens with zero attached hydrogens (tertiary/aromatic N) is 2. The number of rotatable bonds is 5. The van der Waals surface area contributed by atoms with E-state index in [1.54, 1.807) is 0 Å². The number of hydrogen-bond acceptors (Lipinski definition) is 3. The van der Waals surface area contributed by atoms with Crippen molar-refractivity contribution in [3.63, 3.8) is 0 Å². The Morgan fingerprint density at radius 1 is 1.17 bits per heavy atom. The maximum atomic E-state index is 12.3. The standard InChI is InChI=1S/C11H14F6N4S.HI/c1-18-9(20-5-3-10(12,13)14)19-4-2-8-21-7(6-22-8)11(15,16)17;/h6H,2-5H2,1H3,(H2,18,19,20);1H. The molecule has 0 fully saturated rings. The first-order chi connectivity index (χ1) is 10.1. The van der Waals surface area contributed by atoms with Crippen LogP contribution in [0.5, 0.6) is 0 Å². The van der Waals surface area contributed by atoms with Crippen LogP contribution >= 0.6 is 35.3 Å². The molecular weight excluding hydrogens is 461 g/mol. The summed E-state index contributed by atoms with van der Waals surface area (Å²) < 4.78 is 73.0. The molecule has 0 bridgehead atoms. The van der Waals surface area contributed by atoms with Gasteiger partial charge in [0.2, 0.25) is 0 Å². The second kappa shape index (κ2) is 9.49. The second-order valence-electron chi connectivity index (χ2n) is 4.17. The van der Waals surface area contributed by atoms with E-state index in [0.717, 1.165) is 16.7 Å². The summed E-state index contributed by atoms with van der Waals surface area (Å²) in [7, 11) is 1.38. The van der Waals surface area contributed by atoms with Gasteiger partial charge in [0.25, 0.3) is 0 Å². The fourth-order valence-corrected chi connectivity index (χ4v) is 2.19. The molecule has 0 aliphatic carbocycles. The average Bonchev–Trinajstić information content (AvgIpc) is 2.84. The van der Waals surface area contributed by atoms with E-state index in [-0.39, 0.29) is 54.5 Å². The third-order valence-corrected chi connectivity index (χ3v) is 3.31. The Bertz CT molecular complexity index is 499. The van der Waals surface area contributed by atoms with Crippen molar-refractivity contribution in [3.8, 4) is 0 Å². The first-order valence-electron chi connectivity index (χ1n) is 6.14. The number of hydrogen-bond donors (Lipinski definition) is 2. The van der Waals surface area contributed by atoms with Crippen LogP contribution in [0.25, 0.3) is 0 Å². The van der Waals surface area contributed by atoms with Gasteiger partial charge in [0.05, 0.1) is 11.4 Å². The molecule has 0 saturated heterocycles. The molecular formula is C11H15F6IN4S. The van der Waals surface area contributed by atoms with Crippen LogP contribution in [0.3, 0.4) is 0 Å². The summed E-state index contributed by atoms with van der Waals surface area (Å²) in [5.41, 5.74) is -0.944. The molecule has 0 unspecified atom stereocenters. The Morgan fingerprint density at radius 3 is 2.26 bits per heavy atom. The Balaban J connectivity index is 0.00000484. The second-order valence-corrected chi connectivity index (χ2v) is 5.11. The Kier molecular flexibility index (Phi) is 9.17. The summed E-state index contributed by atoms with van der Waals surface area (Å²) in [6, 6.07) is 0. The van der Waals surface area contributed by atoms with E-state index in [2.05, 4.69) is 20.6 Å². The number of nitrogens with one attached hydrogen (secondary N) is 2. The molecule has 0 amide bonds. The molecule has 0 atom stereocenters. The van der Waals surface area contributed by atoms with Crippen molar-refractivity contribution in [1.82, 2.24) is 15.6 Å². The molecule has 0 aliphatic rings. The minimum Gasteiger partial charge on any atom is -0.356 e. The summed E-state index contributed by atoms with van der Waals surface area (Å²) in [6.45, 7) is -0.130. The lowest BCUT2D eigenvalue weighted by molar-refractivity contribution is -0.140. The first-order valence-corrected chi connectivity index (χ1v) is 7.02. The van der Waals surface area contributed by atoms with E-state index in [0.29, 0.717) is 0 Å². The molecule has 4 nitrogen and oxygen atoms in total. The molecule has 0 aromatic carbocycles. The molecule has 0 aliphatic heterocycles. The molecule has 1 aromatic heterocycles. The van der Waals surface area contributed by atoms with Gasteiger partial charge in [-0.15, -0.1) is 35.3 Å². The first kappa shape index (κ1) is 22.2. The van der Waals surface area contributed by atoms with Crippen molar-refractivity contribution < 1.29 is 26.3 Å². The van der Waals surface area contributed by atoms with Gasteiger partial charge in [-0.25, -0.2) is 4.98 Å². The number of aliphatic imine (C=N–C) groups is 1. The maximum absolute atomic E-state index is 12.3. The van der Waals surface area contributed by atoms with Crippen molar-refractivity contribution in [2.45, 2.75) is 25.2 Å². The van der Waals surface area contributed by atoms with E-state index in [1.807, 2.05) is 0 Å². The van der Waals surface area contributed by atoms with Crippen LogP contribution in [0, 0.1) is 0 Å². The van der Waals surface area contributed by atoms with Gasteiger partial charge in [0.1, 0.15) is 0 Å². The minimum absolute atomic E-state index is 0. The minimum atomic E-state index is -4.47. The predicted molar refractivity (Wildman–Crippen MR) is 86.3 cm³/mol. The van der Waals surface area contributed by atoms with Crippen molar-refractivity contribution in [2.75, 3.05) is 20.1 Å². The Hall–Kier alpha value is -0.790. The van der Waals surface area contributed by atoms with Gasteiger partial charge in [-0.2, -0.15) is 26.3 Å². The normalized spacial score (nSPS) is 12.7. The van der Waals surface area contributed by atoms with Crippen molar-refractivity contribution >= 4 is 41.3 Å². The summed E-state index contributed by atoms with van der Waals surface area (Å²) in [5, 5.41) is 6.38. The summed E-state index contributed by atoms with van der Waals surface area (Å²) in [6.07, 6.45) is -9.53. The number of alkyl halides is 6. The zero-order valence-electron chi connectivity index (χ0n) is 11.9. The highest BCUT2D eigenvalue weighted by atomic mass is 127. The van der Waals surface area contributed by atoms with E-state index < -0.39 is 24.5 Å². The van der Waals surface area contributed by atoms with Gasteiger partial charge >= 0.3 is 12.4 Å². The Labute approximate surface area is 149 Å². The number of aromatic nitrogens is 1. The topological polar surface area (TPSA) is 49.3 Å². The molecule has 1 rings (SSSR count). The highest BCUT2D eigenvalue weighted by molar-refractivity contribution is 14.0. The van der Waals surface area contributed by atoms with Crippen LogP contribution in [-0.4, -0.2) is 37.3 Å². The SMILES string of the molecule is CN=C(NCCc1nc(C(F)(F)F)cs1)NCCC(F)(F)F.I. The van der Waals surface area contributed by atoms with Crippen LogP contribution in [0.15, 0.2) is 10.4 Å². The van der Waals surface area contributed by atoms with Crippen molar-refractivity contribution in [3.05, 3.63) is 16.1 Å². The van der Waals surface area contributed by atoms with Crippen LogP contribution in [0.1, 0.15) is 17.1 Å². The molecule has 0 saturated carbocycles. The molecule has 23 heavy (non-hydrogen) atoms. The maximum Gasteiger partial charge on any atom is 0.434 e. The predicted octanol–water partition coefficient (Wildman–Crippen LogP) is 3.44. The third kappa shape index (κ3) is 9.17. The summed E-state index contributed by atoms with van der Waals surface area (Å²) >= 11 is 0.877. The van der Waals surface area contributed by atoms with Crippen molar-refractivity contribution in [1.29, 1.82) is 0 Å². The van der Waals surface area contributed by atoms with E-state index in [4.69, 9.17) is 0 Å². The van der Waals surface area contributed by atoms with Gasteiger partial charge in [0.15, 0.2) is 11.7 Å². The monoisotopic (exact) mass is 476 g/mol. The highest BCUT2D eigenvalue weighted by Crippen LogP contribution is 2.29. The van der Waals surface area contributed by atoms with Crippen LogP contribution in [0.2, 0.25) is 0 Å². The average molecular weight is 476 g/mol. The zero-order chi connectivity index (χ0) is 16.8. The van der Waals surface area contributed by atoms with E-state index >= 15 is 0 Å². The largest absolute Gasteiger partial charge is 0.434 e. The molecule has 134 valence electrons. The Morgan fingerprint density at radius 2 is 1.78 bits per heavy atom. The molecule has 2 N–H and O–H groups in total. The third-order valence-electron chi connectivity index (χ3n) is 2.40. The number of thiazole rings is 1. The zero-order valence-corrected chi connectivity index (χ0v) is 15.0. The molecule has 1 heterocycles. The van der Waals surface area contributed by atoms with Crippen LogP contribution in [0.4, 0.5) is 26.3 Å². The lowest BCUT2D eigenvalue weighted by atomic mass is 10.4.